The van der Waals surface area contributed by atoms with Gasteiger partial charge < -0.3 is 5.73 Å². The molecule has 1 aromatic rings. The first-order chi connectivity index (χ1) is 7.89. The molecule has 1 atom stereocenters. The molecule has 0 radical (unpaired) electrons. The number of hydrogen-bond donors (Lipinski definition) is 1. The van der Waals surface area contributed by atoms with Gasteiger partial charge in [0.15, 0.2) is 0 Å². The largest absolute Gasteiger partial charge is 0.417 e. The fraction of sp³-hybridized carbons (Fsp3) is 0.500. The molecule has 0 bridgehead atoms. The molecule has 2 N–H and O–H groups in total. The Labute approximate surface area is 115 Å². The molecule has 0 spiro atoms. The SMILES string of the molecule is Cl.N[C@@H](c1ccc(Cl)c(C(F)(F)F)c1)C1CCC1. The van der Waals surface area contributed by atoms with Gasteiger partial charge in [-0.15, -0.1) is 12.4 Å². The molecule has 0 aromatic heterocycles. The van der Waals surface area contributed by atoms with Crippen LogP contribution in [0.3, 0.4) is 0 Å². The van der Waals surface area contributed by atoms with Gasteiger partial charge in [-0.25, -0.2) is 0 Å². The second kappa shape index (κ2) is 5.68. The summed E-state index contributed by atoms with van der Waals surface area (Å²) in [7, 11) is 0. The molecule has 1 aliphatic carbocycles. The molecule has 102 valence electrons. The third-order valence-corrected chi connectivity index (χ3v) is 3.67. The Morgan fingerprint density at radius 1 is 1.28 bits per heavy atom. The van der Waals surface area contributed by atoms with Crippen LogP contribution in [0.2, 0.25) is 5.02 Å². The zero-order valence-corrected chi connectivity index (χ0v) is 11.1. The molecule has 0 amide bonds. The molecule has 6 heteroatoms. The highest BCUT2D eigenvalue weighted by Gasteiger charge is 2.34. The molecule has 2 rings (SSSR count). The fourth-order valence-electron chi connectivity index (χ4n) is 2.04. The van der Waals surface area contributed by atoms with Crippen molar-refractivity contribution in [3.05, 3.63) is 34.3 Å². The molecule has 18 heavy (non-hydrogen) atoms. The Morgan fingerprint density at radius 3 is 2.33 bits per heavy atom. The van der Waals surface area contributed by atoms with Crippen LogP contribution in [0.15, 0.2) is 18.2 Å². The lowest BCUT2D eigenvalue weighted by Crippen LogP contribution is -2.27. The van der Waals surface area contributed by atoms with Gasteiger partial charge in [-0.3, -0.25) is 0 Å². The number of alkyl halides is 3. The maximum absolute atomic E-state index is 12.7. The number of benzene rings is 1. The van der Waals surface area contributed by atoms with Crippen molar-refractivity contribution in [1.82, 2.24) is 0 Å². The van der Waals surface area contributed by atoms with E-state index in [1.54, 1.807) is 6.07 Å². The van der Waals surface area contributed by atoms with Crippen LogP contribution >= 0.6 is 24.0 Å². The van der Waals surface area contributed by atoms with Gasteiger partial charge in [0.25, 0.3) is 0 Å². The van der Waals surface area contributed by atoms with Crippen molar-refractivity contribution in [2.75, 3.05) is 0 Å². The van der Waals surface area contributed by atoms with Crippen LogP contribution in [0.4, 0.5) is 13.2 Å². The monoisotopic (exact) mass is 299 g/mol. The zero-order valence-electron chi connectivity index (χ0n) is 9.51. The van der Waals surface area contributed by atoms with Crippen molar-refractivity contribution in [1.29, 1.82) is 0 Å². The molecule has 1 fully saturated rings. The van der Waals surface area contributed by atoms with Crippen molar-refractivity contribution in [2.24, 2.45) is 11.7 Å². The van der Waals surface area contributed by atoms with E-state index in [-0.39, 0.29) is 23.5 Å². The first-order valence-corrected chi connectivity index (χ1v) is 5.89. The fourth-order valence-corrected chi connectivity index (χ4v) is 2.26. The van der Waals surface area contributed by atoms with E-state index in [1.807, 2.05) is 0 Å². The van der Waals surface area contributed by atoms with E-state index in [9.17, 15) is 13.2 Å². The van der Waals surface area contributed by atoms with Gasteiger partial charge in [0.05, 0.1) is 10.6 Å². The van der Waals surface area contributed by atoms with E-state index in [2.05, 4.69) is 0 Å². The standard InChI is InChI=1S/C12H13ClF3N.ClH/c13-10-5-4-8(6-9(10)12(14,15)16)11(17)7-2-1-3-7;/h4-7,11H,1-3,17H2;1H/t11-;/m1./s1. The normalized spacial score (nSPS) is 17.8. The van der Waals surface area contributed by atoms with Gasteiger partial charge in [-0.05, 0) is 36.5 Å². The van der Waals surface area contributed by atoms with Crippen LogP contribution < -0.4 is 5.73 Å². The van der Waals surface area contributed by atoms with E-state index in [0.717, 1.165) is 25.3 Å². The third-order valence-electron chi connectivity index (χ3n) is 3.34. The molecular formula is C12H14Cl2F3N. The Kier molecular flexibility index (Phi) is 4.92. The van der Waals surface area contributed by atoms with Crippen LogP contribution in [0.1, 0.15) is 36.4 Å². The number of rotatable bonds is 2. The summed E-state index contributed by atoms with van der Waals surface area (Å²) in [5.41, 5.74) is 5.67. The van der Waals surface area contributed by atoms with Crippen LogP contribution in [0.25, 0.3) is 0 Å². The van der Waals surface area contributed by atoms with Crippen molar-refractivity contribution in [3.63, 3.8) is 0 Å². The maximum Gasteiger partial charge on any atom is 0.417 e. The summed E-state index contributed by atoms with van der Waals surface area (Å²) in [5.74, 6) is 0.303. The molecule has 1 nitrogen and oxygen atoms in total. The predicted molar refractivity (Wildman–Crippen MR) is 68.0 cm³/mol. The molecular weight excluding hydrogens is 286 g/mol. The second-order valence-corrected chi connectivity index (χ2v) is 4.86. The number of halogens is 5. The van der Waals surface area contributed by atoms with Crippen molar-refractivity contribution < 1.29 is 13.2 Å². The summed E-state index contributed by atoms with van der Waals surface area (Å²) in [6.07, 6.45) is -1.33. The van der Waals surface area contributed by atoms with Gasteiger partial charge in [-0.1, -0.05) is 24.1 Å². The number of hydrogen-bond acceptors (Lipinski definition) is 1. The smallest absolute Gasteiger partial charge is 0.324 e. The van der Waals surface area contributed by atoms with Crippen LogP contribution in [0.5, 0.6) is 0 Å². The summed E-state index contributed by atoms with van der Waals surface area (Å²) in [4.78, 5) is 0. The van der Waals surface area contributed by atoms with E-state index in [4.69, 9.17) is 17.3 Å². The Hall–Kier alpha value is -0.450. The van der Waals surface area contributed by atoms with E-state index in [1.165, 1.54) is 6.07 Å². The average Bonchev–Trinajstić information content (AvgIpc) is 2.13. The van der Waals surface area contributed by atoms with Crippen molar-refractivity contribution in [2.45, 2.75) is 31.5 Å². The quantitative estimate of drug-likeness (QED) is 0.850. The highest BCUT2D eigenvalue weighted by molar-refractivity contribution is 6.31. The molecule has 0 heterocycles. The van der Waals surface area contributed by atoms with E-state index >= 15 is 0 Å². The maximum atomic E-state index is 12.7. The summed E-state index contributed by atoms with van der Waals surface area (Å²) in [6.45, 7) is 0. The molecule has 0 aliphatic heterocycles. The van der Waals surface area contributed by atoms with Gasteiger partial charge in [-0.2, -0.15) is 13.2 Å². The van der Waals surface area contributed by atoms with E-state index < -0.39 is 11.7 Å². The number of nitrogens with two attached hydrogens (primary N) is 1. The van der Waals surface area contributed by atoms with E-state index in [0.29, 0.717) is 11.5 Å². The molecule has 1 aromatic carbocycles. The zero-order chi connectivity index (χ0) is 12.6. The lowest BCUT2D eigenvalue weighted by atomic mass is 9.77. The minimum Gasteiger partial charge on any atom is -0.324 e. The van der Waals surface area contributed by atoms with Gasteiger partial charge in [0.2, 0.25) is 0 Å². The lowest BCUT2D eigenvalue weighted by Gasteiger charge is -2.31. The first kappa shape index (κ1) is 15.6. The van der Waals surface area contributed by atoms with Gasteiger partial charge in [0.1, 0.15) is 0 Å². The van der Waals surface area contributed by atoms with Crippen LogP contribution in [-0.2, 0) is 6.18 Å². The highest BCUT2D eigenvalue weighted by atomic mass is 35.5. The Morgan fingerprint density at radius 2 is 1.89 bits per heavy atom. The second-order valence-electron chi connectivity index (χ2n) is 4.45. The van der Waals surface area contributed by atoms with Gasteiger partial charge in [0, 0.05) is 6.04 Å². The summed E-state index contributed by atoms with van der Waals surface area (Å²) in [5, 5.41) is -0.276. The molecule has 0 unspecified atom stereocenters. The van der Waals surface area contributed by atoms with Crippen LogP contribution in [0, 0.1) is 5.92 Å². The topological polar surface area (TPSA) is 26.0 Å². The van der Waals surface area contributed by atoms with Crippen molar-refractivity contribution >= 4 is 24.0 Å². The van der Waals surface area contributed by atoms with Crippen LogP contribution in [-0.4, -0.2) is 0 Å². The Balaban J connectivity index is 0.00000162. The summed E-state index contributed by atoms with van der Waals surface area (Å²) in [6, 6.07) is 3.62. The molecule has 0 saturated heterocycles. The highest BCUT2D eigenvalue weighted by Crippen LogP contribution is 2.40. The summed E-state index contributed by atoms with van der Waals surface area (Å²) >= 11 is 5.55. The lowest BCUT2D eigenvalue weighted by molar-refractivity contribution is -0.137. The Bertz CT molecular complexity index is 416. The molecule has 1 saturated carbocycles. The minimum atomic E-state index is -4.42. The third kappa shape index (κ3) is 3.11. The molecule has 1 aliphatic rings. The van der Waals surface area contributed by atoms with Gasteiger partial charge >= 0.3 is 6.18 Å². The summed E-state index contributed by atoms with van der Waals surface area (Å²) < 4.78 is 38.0. The predicted octanol–water partition coefficient (Wildman–Crippen LogP) is 4.58. The van der Waals surface area contributed by atoms with Crippen molar-refractivity contribution in [3.8, 4) is 0 Å². The minimum absolute atomic E-state index is 0. The first-order valence-electron chi connectivity index (χ1n) is 5.52. The average molecular weight is 300 g/mol.